The smallest absolute Gasteiger partial charge is 0.325 e. The second-order valence-corrected chi connectivity index (χ2v) is 23.0. The predicted octanol–water partition coefficient (Wildman–Crippen LogP) is -7.39. The SMILES string of the molecule is CC(=O)NC1[C@@H](OC(C)[C@H](N)C(=O)NC(C(=O)N2CC(O)C[C@H]2C(=O)NC(C)C(=O)N[C@@H](C)C(=O)NC(C(=O)N[C@H](C(=O)NC(C(=O)N[C@@H](C)C(=O)O)C(C)C)C(C)C)C(C)C)C(C)C)OC(CO)[C@H](O)[C@@H]1O[C@@H]1OC(CO)[C@H](O)C(O)[C@@H]1O. The highest BCUT2D eigenvalue weighted by molar-refractivity contribution is 5.98. The lowest BCUT2D eigenvalue weighted by Crippen LogP contribution is -2.68. The summed E-state index contributed by atoms with van der Waals surface area (Å²) >= 11 is 0. The highest BCUT2D eigenvalue weighted by Crippen LogP contribution is 2.31. The van der Waals surface area contributed by atoms with Crippen LogP contribution >= 0.6 is 0 Å². The van der Waals surface area contributed by atoms with Crippen molar-refractivity contribution >= 4 is 59.1 Å². The van der Waals surface area contributed by atoms with Gasteiger partial charge in [0, 0.05) is 19.9 Å². The van der Waals surface area contributed by atoms with E-state index in [1.807, 2.05) is 0 Å². The highest BCUT2D eigenvalue weighted by Gasteiger charge is 2.53. The van der Waals surface area contributed by atoms with Crippen molar-refractivity contribution in [1.29, 1.82) is 0 Å². The first-order valence-corrected chi connectivity index (χ1v) is 27.9. The normalized spacial score (nSPS) is 28.6. The molecule has 0 aromatic heterocycles. The van der Waals surface area contributed by atoms with Crippen LogP contribution in [0.4, 0.5) is 0 Å². The van der Waals surface area contributed by atoms with Gasteiger partial charge in [-0.2, -0.15) is 0 Å². The van der Waals surface area contributed by atoms with E-state index in [1.165, 1.54) is 27.7 Å². The van der Waals surface area contributed by atoms with Crippen molar-refractivity contribution in [3.8, 4) is 0 Å². The molecule has 0 spiro atoms. The van der Waals surface area contributed by atoms with Crippen LogP contribution in [0, 0.1) is 23.7 Å². The Morgan fingerprint density at radius 1 is 0.548 bits per heavy atom. The second-order valence-electron chi connectivity index (χ2n) is 23.0. The number of ether oxygens (including phenoxy) is 4. The molecule has 84 heavy (non-hydrogen) atoms. The zero-order valence-corrected chi connectivity index (χ0v) is 49.6. The molecule has 0 aromatic rings. The largest absolute Gasteiger partial charge is 0.480 e. The van der Waals surface area contributed by atoms with E-state index in [-0.39, 0.29) is 13.0 Å². The number of nitrogens with one attached hydrogen (secondary N) is 8. The second kappa shape index (κ2) is 32.1. The Labute approximate surface area is 486 Å². The van der Waals surface area contributed by atoms with Gasteiger partial charge in [0.1, 0.15) is 103 Å². The number of hydrogen-bond donors (Lipinski definition) is 17. The fourth-order valence-corrected chi connectivity index (χ4v) is 9.34. The molecule has 3 aliphatic heterocycles. The molecule has 3 rings (SSSR count). The third kappa shape index (κ3) is 19.1. The standard InChI is InChI=1S/C52H90N10O22/c1-18(2)32(46(75)56-24(11)50(79)80)59-48(77)34(20(5)6)60-47(76)33(19(3)4)58-43(72)23(10)54-42(71)22(9)55-44(73)28-14-27(66)15-62(28)49(78)35(21(7)8)61-45(74)31(53)25(12)81-51-36(57-26(13)65)41(38(68)30(17-64)82-51)84-52-40(70)39(69)37(67)29(16-63)83-52/h18-25,27-41,51-52,63-64,66-70H,14-17,53H2,1-13H3,(H,54,71)(H,55,73)(H,56,75)(H,57,65)(H,58,72)(H,59,77)(H,60,76)(H,61,74)(H,79,80)/t22?,23-,24-,25?,27?,28-,29?,30?,31-,32?,33?,34-,35?,36?,37-,38-,39?,40-,41+,51-,52-/m0/s1. The Morgan fingerprint density at radius 3 is 1.45 bits per heavy atom. The number of nitrogens with two attached hydrogens (primary N) is 1. The number of nitrogens with zero attached hydrogens (tertiary/aromatic N) is 1. The maximum absolute atomic E-state index is 14.3. The van der Waals surface area contributed by atoms with Gasteiger partial charge in [-0.15, -0.1) is 0 Å². The molecule has 3 aliphatic rings. The number of carboxylic acids is 1. The average molecular weight is 1210 g/mol. The van der Waals surface area contributed by atoms with Crippen LogP contribution in [0.1, 0.15) is 96.4 Å². The average Bonchev–Trinajstić information content (AvgIpc) is 3.98. The third-order valence-electron chi connectivity index (χ3n) is 14.6. The molecule has 0 aliphatic carbocycles. The van der Waals surface area contributed by atoms with E-state index in [9.17, 15) is 88.8 Å². The third-order valence-corrected chi connectivity index (χ3v) is 14.6. The van der Waals surface area contributed by atoms with Gasteiger partial charge in [-0.3, -0.25) is 47.9 Å². The van der Waals surface area contributed by atoms with Crippen molar-refractivity contribution in [2.45, 2.75) is 224 Å². The van der Waals surface area contributed by atoms with Crippen LogP contribution < -0.4 is 48.3 Å². The number of likely N-dealkylation sites (tertiary alicyclic amines) is 1. The summed E-state index contributed by atoms with van der Waals surface area (Å²) in [7, 11) is 0. The van der Waals surface area contributed by atoms with Crippen molar-refractivity contribution in [2.24, 2.45) is 29.4 Å². The number of aliphatic carboxylic acids is 1. The zero-order chi connectivity index (χ0) is 64.1. The number of carbonyl (C=O) groups is 10. The molecular weight excluding hydrogens is 1120 g/mol. The summed E-state index contributed by atoms with van der Waals surface area (Å²) < 4.78 is 23.0. The Morgan fingerprint density at radius 2 is 0.976 bits per heavy atom. The molecule has 10 unspecified atom stereocenters. The molecule has 0 bridgehead atoms. The summed E-state index contributed by atoms with van der Waals surface area (Å²) in [5, 5.41) is 102. The number of aliphatic hydroxyl groups excluding tert-OH is 7. The topological polar surface area (TPSA) is 495 Å². The van der Waals surface area contributed by atoms with Gasteiger partial charge < -0.3 is 113 Å². The van der Waals surface area contributed by atoms with Crippen LogP contribution in [0.25, 0.3) is 0 Å². The first-order valence-electron chi connectivity index (χ1n) is 27.9. The van der Waals surface area contributed by atoms with Crippen LogP contribution in [0.5, 0.6) is 0 Å². The minimum absolute atomic E-state index is 0.285. The Bertz CT molecular complexity index is 2300. The number of hydrogen-bond acceptors (Lipinski definition) is 22. The molecule has 0 radical (unpaired) electrons. The van der Waals surface area contributed by atoms with E-state index in [1.54, 1.807) is 55.4 Å². The van der Waals surface area contributed by atoms with Gasteiger partial charge in [0.05, 0.1) is 25.4 Å². The van der Waals surface area contributed by atoms with E-state index in [2.05, 4.69) is 42.5 Å². The molecule has 21 atom stereocenters. The minimum atomic E-state index is -1.95. The molecule has 3 fully saturated rings. The van der Waals surface area contributed by atoms with E-state index < -0.39 is 224 Å². The summed E-state index contributed by atoms with van der Waals surface area (Å²) in [6.07, 6.45) is -18.4. The summed E-state index contributed by atoms with van der Waals surface area (Å²) in [6.45, 7) is 17.1. The van der Waals surface area contributed by atoms with E-state index in [0.29, 0.717) is 0 Å². The highest BCUT2D eigenvalue weighted by atomic mass is 16.7. The Balaban J connectivity index is 1.69. The van der Waals surface area contributed by atoms with Crippen LogP contribution in [0.2, 0.25) is 0 Å². The molecule has 32 nitrogen and oxygen atoms in total. The van der Waals surface area contributed by atoms with E-state index in [0.717, 1.165) is 11.8 Å². The van der Waals surface area contributed by atoms with Gasteiger partial charge >= 0.3 is 5.97 Å². The predicted molar refractivity (Wildman–Crippen MR) is 290 cm³/mol. The van der Waals surface area contributed by atoms with Crippen molar-refractivity contribution in [2.75, 3.05) is 19.8 Å². The monoisotopic (exact) mass is 1210 g/mol. The molecule has 0 aromatic carbocycles. The van der Waals surface area contributed by atoms with Gasteiger partial charge in [-0.1, -0.05) is 55.4 Å². The molecule has 3 heterocycles. The number of amides is 9. The maximum atomic E-state index is 14.3. The molecule has 480 valence electrons. The van der Waals surface area contributed by atoms with Crippen molar-refractivity contribution in [1.82, 2.24) is 47.4 Å². The van der Waals surface area contributed by atoms with Gasteiger partial charge in [-0.05, 0) is 51.4 Å². The molecule has 9 amide bonds. The number of aliphatic hydroxyl groups is 7. The number of carbonyl (C=O) groups excluding carboxylic acids is 9. The van der Waals surface area contributed by atoms with Crippen molar-refractivity contribution < 1.29 is 108 Å². The van der Waals surface area contributed by atoms with E-state index in [4.69, 9.17) is 24.7 Å². The van der Waals surface area contributed by atoms with Crippen molar-refractivity contribution in [3.05, 3.63) is 0 Å². The summed E-state index contributed by atoms with van der Waals surface area (Å²) in [5.74, 6) is -10.9. The van der Waals surface area contributed by atoms with Gasteiger partial charge in [-0.25, -0.2) is 0 Å². The lowest BCUT2D eigenvalue weighted by molar-refractivity contribution is -0.347. The lowest BCUT2D eigenvalue weighted by atomic mass is 9.95. The minimum Gasteiger partial charge on any atom is -0.480 e. The fraction of sp³-hybridized carbons (Fsp3) is 0.808. The van der Waals surface area contributed by atoms with Crippen LogP contribution in [0.15, 0.2) is 0 Å². The van der Waals surface area contributed by atoms with Crippen LogP contribution in [-0.2, 0) is 66.9 Å². The molecular formula is C52H90N10O22. The quantitative estimate of drug-likeness (QED) is 0.0346. The zero-order valence-electron chi connectivity index (χ0n) is 49.6. The Kier molecular flexibility index (Phi) is 27.7. The van der Waals surface area contributed by atoms with E-state index >= 15 is 0 Å². The van der Waals surface area contributed by atoms with Gasteiger partial charge in [0.2, 0.25) is 53.2 Å². The van der Waals surface area contributed by atoms with Gasteiger partial charge in [0.25, 0.3) is 0 Å². The number of carboxylic acid groups (broad SMARTS) is 1. The molecule has 32 heteroatoms. The van der Waals surface area contributed by atoms with Gasteiger partial charge in [0.15, 0.2) is 12.6 Å². The first kappa shape index (κ1) is 72.5. The Hall–Kier alpha value is -5.78. The first-order chi connectivity index (χ1) is 39.0. The fourth-order valence-electron chi connectivity index (χ4n) is 9.34. The molecule has 3 saturated heterocycles. The van der Waals surface area contributed by atoms with Crippen LogP contribution in [-0.4, -0.2) is 253 Å². The molecule has 0 saturated carbocycles. The van der Waals surface area contributed by atoms with Crippen LogP contribution in [0.3, 0.4) is 0 Å². The number of β-amino-alcohol motifs (C(OH)–C–C–N with tert-alkyl or cyclic N) is 1. The molecule has 18 N–H and O–H groups in total. The summed E-state index contributed by atoms with van der Waals surface area (Å²) in [5.41, 5.74) is 6.36. The van der Waals surface area contributed by atoms with Crippen molar-refractivity contribution in [3.63, 3.8) is 0 Å². The lowest BCUT2D eigenvalue weighted by Gasteiger charge is -2.48. The number of rotatable bonds is 28. The summed E-state index contributed by atoms with van der Waals surface area (Å²) in [4.78, 5) is 134. The summed E-state index contributed by atoms with van der Waals surface area (Å²) in [6, 6.07) is -13.5. The maximum Gasteiger partial charge on any atom is 0.325 e.